The third-order valence-electron chi connectivity index (χ3n) is 6.82. The summed E-state index contributed by atoms with van der Waals surface area (Å²) in [5.41, 5.74) is -1.16. The van der Waals surface area contributed by atoms with Crippen LogP contribution in [0.25, 0.3) is 11.4 Å². The maximum atomic E-state index is 14.9. The number of carbonyl (C=O) groups excluding carboxylic acids is 1. The molecule has 0 bridgehead atoms. The molecule has 2 atom stereocenters. The molecule has 0 saturated carbocycles. The van der Waals surface area contributed by atoms with Crippen molar-refractivity contribution in [3.63, 3.8) is 0 Å². The number of hydrogen-bond donors (Lipinski definition) is 1. The maximum Gasteiger partial charge on any atom is 0.316 e. The van der Waals surface area contributed by atoms with Crippen LogP contribution in [0.2, 0.25) is 5.02 Å². The van der Waals surface area contributed by atoms with Crippen molar-refractivity contribution in [3.05, 3.63) is 83.2 Å². The minimum Gasteiger partial charge on any atom is -0.381 e. The number of hydrogen-bond acceptors (Lipinski definition) is 8. The molecule has 2 unspecified atom stereocenters. The van der Waals surface area contributed by atoms with Crippen molar-refractivity contribution in [2.75, 3.05) is 26.2 Å². The van der Waals surface area contributed by atoms with E-state index in [1.54, 1.807) is 36.1 Å². The van der Waals surface area contributed by atoms with Gasteiger partial charge in [-0.1, -0.05) is 22.8 Å². The number of amides is 1. The van der Waals surface area contributed by atoms with E-state index < -0.39 is 29.2 Å². The Hall–Kier alpha value is -3.74. The van der Waals surface area contributed by atoms with E-state index in [1.807, 2.05) is 4.90 Å². The van der Waals surface area contributed by atoms with Gasteiger partial charge in [0.2, 0.25) is 5.82 Å². The Bertz CT molecular complexity index is 1410. The van der Waals surface area contributed by atoms with Crippen LogP contribution in [0.1, 0.15) is 23.2 Å². The first-order valence-corrected chi connectivity index (χ1v) is 12.3. The summed E-state index contributed by atoms with van der Waals surface area (Å²) < 4.78 is 35.1. The second-order valence-electron chi connectivity index (χ2n) is 9.08. The Balaban J connectivity index is 1.30. The van der Waals surface area contributed by atoms with Crippen LogP contribution in [-0.2, 0) is 12.1 Å². The molecule has 1 saturated heterocycles. The first kappa shape index (κ1) is 25.9. The lowest BCUT2D eigenvalue weighted by molar-refractivity contribution is -0.0720. The summed E-state index contributed by atoms with van der Waals surface area (Å²) in [7, 11) is 0. The number of benzene rings is 2. The second-order valence-corrected chi connectivity index (χ2v) is 9.51. The molecule has 1 amide bonds. The zero-order chi connectivity index (χ0) is 26.9. The highest BCUT2D eigenvalue weighted by molar-refractivity contribution is 6.30. The fraction of sp³-hybridized carbons (Fsp3) is 0.320. The minimum absolute atomic E-state index is 0.0546. The van der Waals surface area contributed by atoms with E-state index in [1.165, 1.54) is 23.4 Å². The molecule has 10 nitrogen and oxygen atoms in total. The Labute approximate surface area is 221 Å². The number of aliphatic hydroxyl groups is 1. The van der Waals surface area contributed by atoms with Crippen LogP contribution in [-0.4, -0.2) is 77.9 Å². The van der Waals surface area contributed by atoms with Crippen LogP contribution in [0, 0.1) is 11.6 Å². The summed E-state index contributed by atoms with van der Waals surface area (Å²) in [6.07, 6.45) is 2.73. The minimum atomic E-state index is -1.77. The largest absolute Gasteiger partial charge is 0.381 e. The molecule has 198 valence electrons. The topological polar surface area (TPSA) is 113 Å². The molecule has 3 heterocycles. The molecule has 4 aromatic rings. The van der Waals surface area contributed by atoms with Crippen LogP contribution < -0.4 is 0 Å². The van der Waals surface area contributed by atoms with Crippen molar-refractivity contribution in [3.8, 4) is 11.4 Å². The van der Waals surface area contributed by atoms with E-state index in [0.717, 1.165) is 12.1 Å². The molecule has 13 heteroatoms. The summed E-state index contributed by atoms with van der Waals surface area (Å²) in [6, 6.07) is 9.31. The average Bonchev–Trinajstić information content (AvgIpc) is 3.61. The lowest BCUT2D eigenvalue weighted by atomic mass is 9.85. The van der Waals surface area contributed by atoms with Crippen LogP contribution >= 0.6 is 11.6 Å². The SMILES string of the molecule is CC(N1CCN(C(=O)c2nc(-c3ccc(Cl)cc3)no2)CC1)C(O)(Cn1cncn1)c1ccc(F)cc1F. The average molecular weight is 544 g/mol. The highest BCUT2D eigenvalue weighted by Gasteiger charge is 2.43. The van der Waals surface area contributed by atoms with E-state index in [-0.39, 0.29) is 23.8 Å². The molecular formula is C25H24ClF2N7O3. The molecule has 2 aromatic carbocycles. The predicted octanol–water partition coefficient (Wildman–Crippen LogP) is 2.99. The predicted molar refractivity (Wildman–Crippen MR) is 132 cm³/mol. The first-order chi connectivity index (χ1) is 18.2. The molecule has 1 fully saturated rings. The van der Waals surface area contributed by atoms with E-state index in [9.17, 15) is 18.7 Å². The number of carbonyl (C=O) groups is 1. The van der Waals surface area contributed by atoms with Gasteiger partial charge in [0.25, 0.3) is 0 Å². The summed E-state index contributed by atoms with van der Waals surface area (Å²) in [6.45, 7) is 3.04. The molecule has 0 aliphatic carbocycles. The van der Waals surface area contributed by atoms with Crippen LogP contribution in [0.3, 0.4) is 0 Å². The van der Waals surface area contributed by atoms with Gasteiger partial charge in [-0.2, -0.15) is 10.1 Å². The Morgan fingerprint density at radius 2 is 1.89 bits per heavy atom. The second kappa shape index (κ2) is 10.6. The van der Waals surface area contributed by atoms with Crippen LogP contribution in [0.5, 0.6) is 0 Å². The van der Waals surface area contributed by atoms with Gasteiger partial charge in [-0.15, -0.1) is 0 Å². The molecule has 2 aromatic heterocycles. The molecular weight excluding hydrogens is 520 g/mol. The van der Waals surface area contributed by atoms with Crippen molar-refractivity contribution < 1.29 is 23.2 Å². The number of piperazine rings is 1. The normalized spacial score (nSPS) is 16.8. The third-order valence-corrected chi connectivity index (χ3v) is 7.07. The van der Waals surface area contributed by atoms with Gasteiger partial charge < -0.3 is 14.5 Å². The zero-order valence-electron chi connectivity index (χ0n) is 20.3. The monoisotopic (exact) mass is 543 g/mol. The molecule has 0 spiro atoms. The number of rotatable bonds is 7. The quantitative estimate of drug-likeness (QED) is 0.378. The Morgan fingerprint density at radius 1 is 1.16 bits per heavy atom. The Morgan fingerprint density at radius 3 is 2.55 bits per heavy atom. The number of nitrogens with zero attached hydrogens (tertiary/aromatic N) is 7. The fourth-order valence-electron chi connectivity index (χ4n) is 4.62. The van der Waals surface area contributed by atoms with Crippen LogP contribution in [0.4, 0.5) is 8.78 Å². The van der Waals surface area contributed by atoms with Gasteiger partial charge in [0, 0.05) is 54.4 Å². The molecule has 0 radical (unpaired) electrons. The van der Waals surface area contributed by atoms with Gasteiger partial charge in [-0.25, -0.2) is 18.4 Å². The lowest BCUT2D eigenvalue weighted by Gasteiger charge is -2.44. The zero-order valence-corrected chi connectivity index (χ0v) is 21.1. The van der Waals surface area contributed by atoms with Crippen molar-refractivity contribution in [1.82, 2.24) is 34.7 Å². The van der Waals surface area contributed by atoms with Crippen molar-refractivity contribution >= 4 is 17.5 Å². The van der Waals surface area contributed by atoms with E-state index >= 15 is 0 Å². The standard InChI is InChI=1S/C25H24ClF2N7O3/c1-16(25(37,13-35-15-29-14-30-35)20-7-6-19(27)12-21(20)28)33-8-10-34(11-9-33)24(36)23-31-22(32-38-23)17-2-4-18(26)5-3-17/h2-7,12,14-16,37H,8-11,13H2,1H3. The third kappa shape index (κ3) is 5.15. The highest BCUT2D eigenvalue weighted by Crippen LogP contribution is 2.33. The highest BCUT2D eigenvalue weighted by atomic mass is 35.5. The van der Waals surface area contributed by atoms with Gasteiger partial charge >= 0.3 is 11.8 Å². The smallest absolute Gasteiger partial charge is 0.316 e. The number of aromatic nitrogens is 5. The molecule has 1 aliphatic rings. The van der Waals surface area contributed by atoms with Gasteiger partial charge in [0.05, 0.1) is 6.54 Å². The van der Waals surface area contributed by atoms with E-state index in [4.69, 9.17) is 16.1 Å². The van der Waals surface area contributed by atoms with Crippen LogP contribution in [0.15, 0.2) is 59.6 Å². The lowest BCUT2D eigenvalue weighted by Crippen LogP contribution is -2.58. The van der Waals surface area contributed by atoms with Gasteiger partial charge in [-0.05, 0) is 37.3 Å². The maximum absolute atomic E-state index is 14.9. The summed E-state index contributed by atoms with van der Waals surface area (Å²) >= 11 is 5.92. The molecule has 1 aliphatic heterocycles. The number of halogens is 3. The van der Waals surface area contributed by atoms with Gasteiger partial charge in [0.1, 0.15) is 29.9 Å². The van der Waals surface area contributed by atoms with Crippen molar-refractivity contribution in [2.24, 2.45) is 0 Å². The van der Waals surface area contributed by atoms with Gasteiger partial charge in [-0.3, -0.25) is 9.69 Å². The fourth-order valence-corrected chi connectivity index (χ4v) is 4.75. The molecule has 5 rings (SSSR count). The molecule has 1 N–H and O–H groups in total. The van der Waals surface area contributed by atoms with Gasteiger partial charge in [0.15, 0.2) is 0 Å². The Kier molecular flexibility index (Phi) is 7.19. The van der Waals surface area contributed by atoms with E-state index in [2.05, 4.69) is 20.2 Å². The summed E-state index contributed by atoms with van der Waals surface area (Å²) in [5.74, 6) is -1.87. The first-order valence-electron chi connectivity index (χ1n) is 11.9. The molecule has 38 heavy (non-hydrogen) atoms. The van der Waals surface area contributed by atoms with Crippen molar-refractivity contribution in [1.29, 1.82) is 0 Å². The van der Waals surface area contributed by atoms with Crippen molar-refractivity contribution in [2.45, 2.75) is 25.1 Å². The summed E-state index contributed by atoms with van der Waals surface area (Å²) in [4.78, 5) is 24.7. The van der Waals surface area contributed by atoms with E-state index in [0.29, 0.717) is 36.8 Å². The summed E-state index contributed by atoms with van der Waals surface area (Å²) in [5, 5.41) is 20.3.